The average Bonchev–Trinajstić information content (AvgIpc) is 2.62. The first-order chi connectivity index (χ1) is 13.2. The van der Waals surface area contributed by atoms with Crippen LogP contribution >= 0.6 is 11.6 Å². The van der Waals surface area contributed by atoms with Crippen LogP contribution in [0.3, 0.4) is 0 Å². The Morgan fingerprint density at radius 3 is 2.25 bits per heavy atom. The van der Waals surface area contributed by atoms with Crippen molar-refractivity contribution in [1.29, 1.82) is 0 Å². The molecule has 0 radical (unpaired) electrons. The van der Waals surface area contributed by atoms with Crippen LogP contribution in [0.5, 0.6) is 0 Å². The first-order valence-electron chi connectivity index (χ1n) is 10.1. The van der Waals surface area contributed by atoms with Gasteiger partial charge in [-0.2, -0.15) is 0 Å². The van der Waals surface area contributed by atoms with E-state index in [-0.39, 0.29) is 6.61 Å². The van der Waals surface area contributed by atoms with Crippen LogP contribution in [-0.2, 0) is 4.84 Å². The van der Waals surface area contributed by atoms with Gasteiger partial charge in [-0.05, 0) is 63.8 Å². The highest BCUT2D eigenvalue weighted by Crippen LogP contribution is 2.12. The van der Waals surface area contributed by atoms with Crippen LogP contribution in [0.4, 0.5) is 0 Å². The Morgan fingerprint density at radius 1 is 1.11 bits per heavy atom. The summed E-state index contributed by atoms with van der Waals surface area (Å²) in [6.07, 6.45) is 6.48. The van der Waals surface area contributed by atoms with Gasteiger partial charge in [-0.15, -0.1) is 0 Å². The van der Waals surface area contributed by atoms with Gasteiger partial charge in [0.25, 0.3) is 0 Å². The molecular formula is C23H37ClN2O2. The summed E-state index contributed by atoms with van der Waals surface area (Å²) in [6.45, 7) is 13.7. The predicted molar refractivity (Wildman–Crippen MR) is 120 cm³/mol. The summed E-state index contributed by atoms with van der Waals surface area (Å²) in [5, 5.41) is 11.0. The second kappa shape index (κ2) is 13.0. The zero-order chi connectivity index (χ0) is 21.1. The van der Waals surface area contributed by atoms with Crippen LogP contribution in [0.1, 0.15) is 53.5 Å². The van der Waals surface area contributed by atoms with Gasteiger partial charge >= 0.3 is 0 Å². The first kappa shape index (κ1) is 24.7. The lowest BCUT2D eigenvalue weighted by molar-refractivity contribution is -0.0252. The fraction of sp³-hybridized carbons (Fsp3) is 0.565. The summed E-state index contributed by atoms with van der Waals surface area (Å²) in [4.78, 5) is 7.84. The molecule has 2 N–H and O–H groups in total. The normalized spacial score (nSPS) is 14.1. The molecule has 5 heteroatoms. The fourth-order valence-corrected chi connectivity index (χ4v) is 2.93. The summed E-state index contributed by atoms with van der Waals surface area (Å²) in [5.74, 6) is 0.553. The third-order valence-electron chi connectivity index (χ3n) is 4.35. The second-order valence-corrected chi connectivity index (χ2v) is 8.56. The minimum atomic E-state index is -0.552. The number of nitrogens with one attached hydrogen (secondary N) is 1. The molecule has 0 unspecified atom stereocenters. The van der Waals surface area contributed by atoms with Gasteiger partial charge in [-0.3, -0.25) is 15.2 Å². The summed E-state index contributed by atoms with van der Waals surface area (Å²) >= 11 is 5.94. The van der Waals surface area contributed by atoms with E-state index in [0.717, 1.165) is 22.7 Å². The van der Waals surface area contributed by atoms with E-state index in [0.29, 0.717) is 24.5 Å². The Bertz CT molecular complexity index is 602. The predicted octanol–water partition coefficient (Wildman–Crippen LogP) is 5.28. The van der Waals surface area contributed by atoms with E-state index in [1.165, 1.54) is 0 Å². The van der Waals surface area contributed by atoms with Gasteiger partial charge in [-0.25, -0.2) is 0 Å². The van der Waals surface area contributed by atoms with Crippen molar-refractivity contribution in [3.05, 3.63) is 52.7 Å². The molecule has 0 bridgehead atoms. The molecule has 0 aliphatic heterocycles. The Kier molecular flexibility index (Phi) is 11.5. The van der Waals surface area contributed by atoms with E-state index in [1.54, 1.807) is 0 Å². The molecule has 0 saturated carbocycles. The molecular weight excluding hydrogens is 372 g/mol. The van der Waals surface area contributed by atoms with E-state index in [9.17, 15) is 5.11 Å². The molecule has 0 amide bonds. The number of hydrogen-bond donors (Lipinski definition) is 2. The molecule has 0 heterocycles. The number of rotatable bonds is 12. The quantitative estimate of drug-likeness (QED) is 0.364. The van der Waals surface area contributed by atoms with Crippen LogP contribution < -0.4 is 5.48 Å². The second-order valence-electron chi connectivity index (χ2n) is 8.13. The molecule has 1 atom stereocenters. The Labute approximate surface area is 176 Å². The summed E-state index contributed by atoms with van der Waals surface area (Å²) in [7, 11) is 0. The number of nitrogens with zero attached hydrogens (tertiary/aromatic N) is 1. The lowest BCUT2D eigenvalue weighted by Crippen LogP contribution is -2.43. The highest BCUT2D eigenvalue weighted by molar-refractivity contribution is 6.30. The smallest absolute Gasteiger partial charge is 0.102 e. The molecule has 1 aromatic rings. The average molecular weight is 409 g/mol. The molecule has 0 spiro atoms. The topological polar surface area (TPSA) is 44.7 Å². The third kappa shape index (κ3) is 10.3. The lowest BCUT2D eigenvalue weighted by Gasteiger charge is -2.32. The summed E-state index contributed by atoms with van der Waals surface area (Å²) < 4.78 is 0. The summed E-state index contributed by atoms with van der Waals surface area (Å²) in [6, 6.07) is 8.44. The number of allylic oxidation sites excluding steroid dienone is 2. The zero-order valence-corrected chi connectivity index (χ0v) is 18.9. The van der Waals surface area contributed by atoms with Crippen LogP contribution in [0.15, 0.2) is 42.1 Å². The van der Waals surface area contributed by atoms with E-state index in [4.69, 9.17) is 16.4 Å². The first-order valence-corrected chi connectivity index (χ1v) is 10.5. The SMILES string of the molecule is CC(C)CC=C(C=Cc1ccc(Cl)cc1)NOC[C@H](O)CN(C(C)C)C(C)C. The van der Waals surface area contributed by atoms with Crippen molar-refractivity contribution in [2.45, 2.75) is 66.2 Å². The monoisotopic (exact) mass is 408 g/mol. The molecule has 1 aromatic carbocycles. The van der Waals surface area contributed by atoms with Gasteiger partial charge in [0.2, 0.25) is 0 Å². The van der Waals surface area contributed by atoms with Crippen molar-refractivity contribution in [3.8, 4) is 0 Å². The number of aliphatic hydroxyl groups excluding tert-OH is 1. The third-order valence-corrected chi connectivity index (χ3v) is 4.60. The van der Waals surface area contributed by atoms with Crippen molar-refractivity contribution in [2.75, 3.05) is 13.2 Å². The van der Waals surface area contributed by atoms with Crippen molar-refractivity contribution < 1.29 is 9.94 Å². The van der Waals surface area contributed by atoms with Crippen molar-refractivity contribution in [3.63, 3.8) is 0 Å². The number of hydrogen-bond acceptors (Lipinski definition) is 4. The molecule has 1 rings (SSSR count). The minimum absolute atomic E-state index is 0.226. The number of hydroxylamine groups is 1. The largest absolute Gasteiger partial charge is 0.389 e. The molecule has 158 valence electrons. The van der Waals surface area contributed by atoms with Crippen LogP contribution in [-0.4, -0.2) is 41.3 Å². The van der Waals surface area contributed by atoms with Gasteiger partial charge < -0.3 is 5.11 Å². The Balaban J connectivity index is 2.62. The Morgan fingerprint density at radius 2 is 1.71 bits per heavy atom. The number of aliphatic hydroxyl groups is 1. The van der Waals surface area contributed by atoms with Gasteiger partial charge in [0.15, 0.2) is 0 Å². The number of benzene rings is 1. The molecule has 4 nitrogen and oxygen atoms in total. The van der Waals surface area contributed by atoms with E-state index < -0.39 is 6.10 Å². The van der Waals surface area contributed by atoms with Gasteiger partial charge in [0, 0.05) is 23.7 Å². The Hall–Kier alpha value is -1.33. The maximum absolute atomic E-state index is 10.3. The highest BCUT2D eigenvalue weighted by Gasteiger charge is 2.17. The highest BCUT2D eigenvalue weighted by atomic mass is 35.5. The van der Waals surface area contributed by atoms with Crippen LogP contribution in [0, 0.1) is 5.92 Å². The molecule has 28 heavy (non-hydrogen) atoms. The van der Waals surface area contributed by atoms with E-state index in [2.05, 4.69) is 58.0 Å². The van der Waals surface area contributed by atoms with Gasteiger partial charge in [-0.1, -0.05) is 49.7 Å². The maximum Gasteiger partial charge on any atom is 0.102 e. The molecule has 0 aliphatic carbocycles. The molecule has 0 aromatic heterocycles. The van der Waals surface area contributed by atoms with Gasteiger partial charge in [0.1, 0.15) is 6.61 Å². The standard InChI is InChI=1S/C23H37ClN2O2/c1-17(2)7-13-22(14-10-20-8-11-21(24)12-9-20)25-28-16-23(27)15-26(18(3)4)19(5)6/h8-14,17-19,23,25,27H,7,15-16H2,1-6H3/t23-/m1/s1. The van der Waals surface area contributed by atoms with Crippen LogP contribution in [0.25, 0.3) is 6.08 Å². The molecule has 0 fully saturated rings. The van der Waals surface area contributed by atoms with Gasteiger partial charge in [0.05, 0.1) is 11.8 Å². The fourth-order valence-electron chi connectivity index (χ4n) is 2.80. The van der Waals surface area contributed by atoms with Crippen molar-refractivity contribution in [2.24, 2.45) is 5.92 Å². The number of halogens is 1. The van der Waals surface area contributed by atoms with Crippen molar-refractivity contribution in [1.82, 2.24) is 10.4 Å². The maximum atomic E-state index is 10.3. The van der Waals surface area contributed by atoms with E-state index in [1.807, 2.05) is 36.4 Å². The molecule has 0 saturated heterocycles. The zero-order valence-electron chi connectivity index (χ0n) is 18.2. The lowest BCUT2D eigenvalue weighted by atomic mass is 10.1. The molecule has 0 aliphatic rings. The minimum Gasteiger partial charge on any atom is -0.389 e. The summed E-state index contributed by atoms with van der Waals surface area (Å²) in [5.41, 5.74) is 4.93. The van der Waals surface area contributed by atoms with Crippen LogP contribution in [0.2, 0.25) is 5.02 Å². The van der Waals surface area contributed by atoms with E-state index >= 15 is 0 Å². The van der Waals surface area contributed by atoms with Crippen molar-refractivity contribution >= 4 is 17.7 Å².